The van der Waals surface area contributed by atoms with Gasteiger partial charge in [0.15, 0.2) is 0 Å². The van der Waals surface area contributed by atoms with Crippen molar-refractivity contribution in [3.05, 3.63) is 88.4 Å². The van der Waals surface area contributed by atoms with Crippen LogP contribution in [0.25, 0.3) is 0 Å². The van der Waals surface area contributed by atoms with E-state index < -0.39 is 10.0 Å². The van der Waals surface area contributed by atoms with Crippen molar-refractivity contribution in [3.8, 4) is 0 Å². The predicted octanol–water partition coefficient (Wildman–Crippen LogP) is 4.76. The first-order valence-electron chi connectivity index (χ1n) is 10.00. The molecule has 0 saturated carbocycles. The molecule has 0 unspecified atom stereocenters. The van der Waals surface area contributed by atoms with Crippen LogP contribution in [0.5, 0.6) is 0 Å². The Hall–Kier alpha value is -2.74. The predicted molar refractivity (Wildman–Crippen MR) is 128 cm³/mol. The zero-order valence-electron chi connectivity index (χ0n) is 17.0. The van der Waals surface area contributed by atoms with Gasteiger partial charge in [-0.05, 0) is 60.7 Å². The van der Waals surface area contributed by atoms with Gasteiger partial charge >= 0.3 is 0 Å². The molecule has 0 spiro atoms. The molecule has 0 aliphatic carbocycles. The van der Waals surface area contributed by atoms with Crippen LogP contribution in [-0.2, 0) is 10.0 Å². The summed E-state index contributed by atoms with van der Waals surface area (Å²) in [4.78, 5) is 17.0. The fourth-order valence-electron chi connectivity index (χ4n) is 3.55. The van der Waals surface area contributed by atoms with Crippen molar-refractivity contribution < 1.29 is 13.2 Å². The summed E-state index contributed by atoms with van der Waals surface area (Å²) in [5.41, 5.74) is 1.74. The molecule has 1 aliphatic heterocycles. The van der Waals surface area contributed by atoms with E-state index in [1.54, 1.807) is 41.3 Å². The average molecular weight is 490 g/mol. The van der Waals surface area contributed by atoms with Crippen LogP contribution in [0.4, 0.5) is 11.4 Å². The highest BCUT2D eigenvalue weighted by Crippen LogP contribution is 2.23. The van der Waals surface area contributed by atoms with Gasteiger partial charge < -0.3 is 9.80 Å². The summed E-state index contributed by atoms with van der Waals surface area (Å²) >= 11 is 11.9. The molecule has 0 radical (unpaired) electrons. The summed E-state index contributed by atoms with van der Waals surface area (Å²) in [6, 6.07) is 20.1. The van der Waals surface area contributed by atoms with Crippen molar-refractivity contribution in [2.75, 3.05) is 35.8 Å². The molecule has 0 bridgehead atoms. The highest BCUT2D eigenvalue weighted by Gasteiger charge is 2.24. The maximum atomic E-state index is 13.0. The molecule has 9 heteroatoms. The fourth-order valence-corrected chi connectivity index (χ4v) is 4.97. The average Bonchev–Trinajstić information content (AvgIpc) is 2.80. The van der Waals surface area contributed by atoms with Crippen molar-refractivity contribution in [3.63, 3.8) is 0 Å². The van der Waals surface area contributed by atoms with Gasteiger partial charge in [0.05, 0.1) is 4.90 Å². The molecular formula is C23H21Cl2N3O3S. The Kier molecular flexibility index (Phi) is 6.60. The van der Waals surface area contributed by atoms with Crippen molar-refractivity contribution in [1.29, 1.82) is 0 Å². The van der Waals surface area contributed by atoms with Gasteiger partial charge in [-0.25, -0.2) is 8.42 Å². The van der Waals surface area contributed by atoms with E-state index in [0.29, 0.717) is 47.5 Å². The maximum Gasteiger partial charge on any atom is 0.261 e. The number of anilines is 2. The Balaban J connectivity index is 1.45. The molecule has 1 amide bonds. The number of nitrogens with zero attached hydrogens (tertiary/aromatic N) is 2. The molecule has 1 aliphatic rings. The molecule has 3 aromatic carbocycles. The topological polar surface area (TPSA) is 69.7 Å². The van der Waals surface area contributed by atoms with E-state index in [9.17, 15) is 13.2 Å². The molecule has 0 aromatic heterocycles. The number of sulfonamides is 1. The number of carbonyl (C=O) groups is 1. The SMILES string of the molecule is O=C(c1cccc(S(=O)(=O)Nc2ccc(Cl)cc2)c1)N1CCN(c2cccc(Cl)c2)CC1. The quantitative estimate of drug-likeness (QED) is 0.560. The summed E-state index contributed by atoms with van der Waals surface area (Å²) in [5.74, 6) is -0.195. The summed E-state index contributed by atoms with van der Waals surface area (Å²) < 4.78 is 28.1. The normalized spacial score (nSPS) is 14.3. The van der Waals surface area contributed by atoms with Gasteiger partial charge in [-0.15, -0.1) is 0 Å². The number of rotatable bonds is 5. The van der Waals surface area contributed by atoms with Crippen molar-refractivity contribution in [2.24, 2.45) is 0 Å². The molecule has 166 valence electrons. The first-order valence-corrected chi connectivity index (χ1v) is 12.2. The van der Waals surface area contributed by atoms with Crippen LogP contribution < -0.4 is 9.62 Å². The van der Waals surface area contributed by atoms with Crippen LogP contribution in [0.3, 0.4) is 0 Å². The Morgan fingerprint density at radius 2 is 1.50 bits per heavy atom. The number of hydrogen-bond acceptors (Lipinski definition) is 4. The number of carbonyl (C=O) groups excluding carboxylic acids is 1. The van der Waals surface area contributed by atoms with Gasteiger partial charge in [-0.2, -0.15) is 0 Å². The smallest absolute Gasteiger partial charge is 0.261 e. The minimum atomic E-state index is -3.85. The van der Waals surface area contributed by atoms with Gasteiger partial charge in [0, 0.05) is 53.2 Å². The van der Waals surface area contributed by atoms with Gasteiger partial charge in [-0.1, -0.05) is 35.3 Å². The van der Waals surface area contributed by atoms with Crippen LogP contribution >= 0.6 is 23.2 Å². The van der Waals surface area contributed by atoms with Gasteiger partial charge in [0.1, 0.15) is 0 Å². The van der Waals surface area contributed by atoms with Crippen LogP contribution in [0, 0.1) is 0 Å². The lowest BCUT2D eigenvalue weighted by molar-refractivity contribution is 0.0746. The van der Waals surface area contributed by atoms with Crippen molar-refractivity contribution >= 4 is 50.5 Å². The van der Waals surface area contributed by atoms with Gasteiger partial charge in [-0.3, -0.25) is 9.52 Å². The molecular weight excluding hydrogens is 469 g/mol. The number of amides is 1. The zero-order valence-corrected chi connectivity index (χ0v) is 19.4. The van der Waals surface area contributed by atoms with Crippen LogP contribution in [0.15, 0.2) is 77.7 Å². The zero-order chi connectivity index (χ0) is 22.7. The maximum absolute atomic E-state index is 13.0. The summed E-state index contributed by atoms with van der Waals surface area (Å²) in [5, 5.41) is 1.18. The molecule has 6 nitrogen and oxygen atoms in total. The summed E-state index contributed by atoms with van der Waals surface area (Å²) in [7, 11) is -3.85. The molecule has 3 aromatic rings. The standard InChI is InChI=1S/C23H21Cl2N3O3S/c24-18-7-9-20(10-8-18)26-32(30,31)22-6-1-3-17(15-22)23(29)28-13-11-27(12-14-28)21-5-2-4-19(25)16-21/h1-10,15-16,26H,11-14H2. The Morgan fingerprint density at radius 3 is 2.19 bits per heavy atom. The minimum Gasteiger partial charge on any atom is -0.368 e. The largest absolute Gasteiger partial charge is 0.368 e. The van der Waals surface area contributed by atoms with Gasteiger partial charge in [0.25, 0.3) is 15.9 Å². The number of benzene rings is 3. The third kappa shape index (κ3) is 5.18. The number of hydrogen-bond donors (Lipinski definition) is 1. The molecule has 1 N–H and O–H groups in total. The fraction of sp³-hybridized carbons (Fsp3) is 0.174. The van der Waals surface area contributed by atoms with Gasteiger partial charge in [0.2, 0.25) is 0 Å². The van der Waals surface area contributed by atoms with E-state index in [1.165, 1.54) is 12.1 Å². The second kappa shape index (κ2) is 9.40. The number of piperazine rings is 1. The number of nitrogens with one attached hydrogen (secondary N) is 1. The van der Waals surface area contributed by atoms with E-state index in [-0.39, 0.29) is 10.8 Å². The van der Waals surface area contributed by atoms with E-state index >= 15 is 0 Å². The summed E-state index contributed by atoms with van der Waals surface area (Å²) in [6.07, 6.45) is 0. The van der Waals surface area contributed by atoms with Crippen LogP contribution in [-0.4, -0.2) is 45.4 Å². The molecule has 1 fully saturated rings. The van der Waals surface area contributed by atoms with E-state index in [0.717, 1.165) is 5.69 Å². The van der Waals surface area contributed by atoms with Crippen LogP contribution in [0.2, 0.25) is 10.0 Å². The van der Waals surface area contributed by atoms with E-state index in [4.69, 9.17) is 23.2 Å². The molecule has 0 atom stereocenters. The van der Waals surface area contributed by atoms with E-state index in [1.807, 2.05) is 24.3 Å². The monoisotopic (exact) mass is 489 g/mol. The van der Waals surface area contributed by atoms with E-state index in [2.05, 4.69) is 9.62 Å². The first-order chi connectivity index (χ1) is 15.3. The lowest BCUT2D eigenvalue weighted by atomic mass is 10.1. The van der Waals surface area contributed by atoms with Crippen LogP contribution in [0.1, 0.15) is 10.4 Å². The lowest BCUT2D eigenvalue weighted by Crippen LogP contribution is -2.48. The second-order valence-electron chi connectivity index (χ2n) is 7.40. The molecule has 1 saturated heterocycles. The molecule has 4 rings (SSSR count). The highest BCUT2D eigenvalue weighted by molar-refractivity contribution is 7.92. The Bertz CT molecular complexity index is 1230. The molecule has 1 heterocycles. The Morgan fingerprint density at radius 1 is 0.812 bits per heavy atom. The third-order valence-corrected chi connectivity index (χ3v) is 7.09. The van der Waals surface area contributed by atoms with Crippen molar-refractivity contribution in [2.45, 2.75) is 4.90 Å². The second-order valence-corrected chi connectivity index (χ2v) is 9.95. The summed E-state index contributed by atoms with van der Waals surface area (Å²) in [6.45, 7) is 2.40. The minimum absolute atomic E-state index is 0.0239. The van der Waals surface area contributed by atoms with Crippen molar-refractivity contribution in [1.82, 2.24) is 4.90 Å². The third-order valence-electron chi connectivity index (χ3n) is 5.23. The highest BCUT2D eigenvalue weighted by atomic mass is 35.5. The molecule has 32 heavy (non-hydrogen) atoms. The Labute approximate surface area is 197 Å². The first kappa shape index (κ1) is 22.5. The number of halogens is 2. The lowest BCUT2D eigenvalue weighted by Gasteiger charge is -2.36.